The minimum absolute atomic E-state index is 0.155. The van der Waals surface area contributed by atoms with Crippen molar-refractivity contribution in [3.05, 3.63) is 82.9 Å². The first kappa shape index (κ1) is 12.6. The second-order valence-corrected chi connectivity index (χ2v) is 4.74. The van der Waals surface area contributed by atoms with Crippen molar-refractivity contribution < 1.29 is 9.90 Å². The molecule has 1 unspecified atom stereocenters. The molecule has 1 aliphatic rings. The average Bonchev–Trinajstić information content (AvgIpc) is 2.84. The van der Waals surface area contributed by atoms with Gasteiger partial charge in [0.25, 0.3) is 0 Å². The number of hydrogen-bond acceptors (Lipinski definition) is 2. The highest BCUT2D eigenvalue weighted by Gasteiger charge is 2.26. The monoisotopic (exact) mass is 262 g/mol. The summed E-state index contributed by atoms with van der Waals surface area (Å²) >= 11 is 0. The summed E-state index contributed by atoms with van der Waals surface area (Å²) in [5.74, 6) is -0.155. The lowest BCUT2D eigenvalue weighted by Crippen LogP contribution is -2.05. The van der Waals surface area contributed by atoms with Crippen LogP contribution in [-0.2, 0) is 4.79 Å². The quantitative estimate of drug-likeness (QED) is 0.861. The summed E-state index contributed by atoms with van der Waals surface area (Å²) in [6.07, 6.45) is 4.21. The maximum atomic E-state index is 12.2. The number of benzene rings is 2. The van der Waals surface area contributed by atoms with E-state index >= 15 is 0 Å². The molecule has 1 N–H and O–H groups in total. The summed E-state index contributed by atoms with van der Waals surface area (Å²) in [6, 6.07) is 17.1. The number of hydrogen-bond donors (Lipinski definition) is 1. The first-order chi connectivity index (χ1) is 9.75. The largest absolute Gasteiger partial charge is 0.383 e. The van der Waals surface area contributed by atoms with Gasteiger partial charge in [-0.3, -0.25) is 4.79 Å². The van der Waals surface area contributed by atoms with Crippen molar-refractivity contribution in [1.29, 1.82) is 0 Å². The third-order valence-electron chi connectivity index (χ3n) is 3.41. The first-order valence-electron chi connectivity index (χ1n) is 6.52. The maximum Gasteiger partial charge on any atom is 0.184 e. The van der Waals surface area contributed by atoms with Gasteiger partial charge in [0.2, 0.25) is 0 Å². The van der Waals surface area contributed by atoms with E-state index in [1.54, 1.807) is 12.2 Å². The molecule has 0 aromatic heterocycles. The van der Waals surface area contributed by atoms with Crippen LogP contribution in [0.4, 0.5) is 0 Å². The number of aliphatic hydroxyl groups excluding tert-OH is 1. The summed E-state index contributed by atoms with van der Waals surface area (Å²) in [5.41, 5.74) is 3.10. The van der Waals surface area contributed by atoms with Gasteiger partial charge in [-0.25, -0.2) is 0 Å². The zero-order chi connectivity index (χ0) is 13.9. The van der Waals surface area contributed by atoms with Crippen molar-refractivity contribution in [3.8, 4) is 0 Å². The van der Waals surface area contributed by atoms with E-state index in [2.05, 4.69) is 0 Å². The molecule has 0 heterocycles. The predicted molar refractivity (Wildman–Crippen MR) is 79.9 cm³/mol. The molecule has 2 aromatic carbocycles. The Hall–Kier alpha value is -2.45. The van der Waals surface area contributed by atoms with Crippen LogP contribution < -0.4 is 0 Å². The highest BCUT2D eigenvalue weighted by Crippen LogP contribution is 2.34. The molecule has 0 aliphatic heterocycles. The Morgan fingerprint density at radius 3 is 2.45 bits per heavy atom. The Morgan fingerprint density at radius 2 is 1.70 bits per heavy atom. The number of fused-ring (bicyclic) bond motifs is 1. The molecule has 3 rings (SSSR count). The summed E-state index contributed by atoms with van der Waals surface area (Å²) in [5, 5.41) is 10.2. The van der Waals surface area contributed by atoms with Crippen molar-refractivity contribution in [2.24, 2.45) is 0 Å². The van der Waals surface area contributed by atoms with Crippen molar-refractivity contribution in [1.82, 2.24) is 0 Å². The third-order valence-corrected chi connectivity index (χ3v) is 3.41. The first-order valence-corrected chi connectivity index (χ1v) is 6.52. The number of carbonyl (C=O) groups is 1. The van der Waals surface area contributed by atoms with E-state index in [0.717, 1.165) is 16.7 Å². The van der Waals surface area contributed by atoms with Crippen LogP contribution in [0, 0.1) is 0 Å². The molecule has 0 spiro atoms. The van der Waals surface area contributed by atoms with Gasteiger partial charge in [0.1, 0.15) is 6.10 Å². The minimum atomic E-state index is -0.820. The van der Waals surface area contributed by atoms with E-state index < -0.39 is 6.10 Å². The number of carbonyl (C=O) groups excluding carboxylic acids is 1. The second-order valence-electron chi connectivity index (χ2n) is 4.74. The van der Waals surface area contributed by atoms with E-state index in [-0.39, 0.29) is 5.78 Å². The van der Waals surface area contributed by atoms with Crippen LogP contribution in [0.3, 0.4) is 0 Å². The average molecular weight is 262 g/mol. The van der Waals surface area contributed by atoms with Crippen LogP contribution in [0.15, 0.2) is 66.2 Å². The van der Waals surface area contributed by atoms with E-state index in [1.807, 2.05) is 54.6 Å². The highest BCUT2D eigenvalue weighted by molar-refractivity contribution is 6.11. The lowest BCUT2D eigenvalue weighted by Gasteiger charge is -2.07. The van der Waals surface area contributed by atoms with Gasteiger partial charge in [-0.15, -0.1) is 0 Å². The number of rotatable bonds is 3. The highest BCUT2D eigenvalue weighted by atomic mass is 16.3. The Morgan fingerprint density at radius 1 is 1.00 bits per heavy atom. The van der Waals surface area contributed by atoms with Crippen LogP contribution in [0.25, 0.3) is 12.2 Å². The molecule has 0 saturated carbocycles. The Balaban J connectivity index is 1.82. The second kappa shape index (κ2) is 5.27. The van der Waals surface area contributed by atoms with E-state index in [4.69, 9.17) is 0 Å². The topological polar surface area (TPSA) is 37.3 Å². The van der Waals surface area contributed by atoms with Crippen LogP contribution in [0.5, 0.6) is 0 Å². The summed E-state index contributed by atoms with van der Waals surface area (Å²) in [6.45, 7) is 0. The third kappa shape index (κ3) is 2.33. The molecule has 98 valence electrons. The van der Waals surface area contributed by atoms with Gasteiger partial charge < -0.3 is 5.11 Å². The molecule has 1 aliphatic carbocycles. The molecule has 2 nitrogen and oxygen atoms in total. The molecular formula is C18H14O2. The van der Waals surface area contributed by atoms with Gasteiger partial charge in [0.05, 0.1) is 0 Å². The standard InChI is InChI=1S/C18H14O2/c19-17(11-10-13-6-2-1-3-7-13)16-12-14-8-4-5-9-15(14)18(16)20/h1-12,18,20H. The van der Waals surface area contributed by atoms with Gasteiger partial charge in [-0.05, 0) is 28.8 Å². The van der Waals surface area contributed by atoms with Crippen LogP contribution in [-0.4, -0.2) is 10.9 Å². The van der Waals surface area contributed by atoms with E-state index in [1.165, 1.54) is 6.08 Å². The molecule has 2 aromatic rings. The molecule has 0 bridgehead atoms. The van der Waals surface area contributed by atoms with Gasteiger partial charge in [-0.2, -0.15) is 0 Å². The summed E-state index contributed by atoms with van der Waals surface area (Å²) < 4.78 is 0. The van der Waals surface area contributed by atoms with Gasteiger partial charge >= 0.3 is 0 Å². The number of allylic oxidation sites excluding steroid dienone is 1. The maximum absolute atomic E-state index is 12.2. The number of aliphatic hydroxyl groups is 1. The van der Waals surface area contributed by atoms with E-state index in [9.17, 15) is 9.90 Å². The Labute approximate surface area is 117 Å². The molecule has 0 amide bonds. The van der Waals surface area contributed by atoms with Crippen LogP contribution in [0.1, 0.15) is 22.8 Å². The normalized spacial score (nSPS) is 17.1. The van der Waals surface area contributed by atoms with Crippen molar-refractivity contribution in [2.45, 2.75) is 6.10 Å². The van der Waals surface area contributed by atoms with Crippen LogP contribution >= 0.6 is 0 Å². The number of ketones is 1. The fraction of sp³-hybridized carbons (Fsp3) is 0.0556. The fourth-order valence-corrected chi connectivity index (χ4v) is 2.34. The lowest BCUT2D eigenvalue weighted by atomic mass is 10.0. The molecule has 2 heteroatoms. The predicted octanol–water partition coefficient (Wildman–Crippen LogP) is 3.40. The molecule has 0 radical (unpaired) electrons. The van der Waals surface area contributed by atoms with Crippen LogP contribution in [0.2, 0.25) is 0 Å². The van der Waals surface area contributed by atoms with Gasteiger partial charge in [-0.1, -0.05) is 60.7 Å². The van der Waals surface area contributed by atoms with E-state index in [0.29, 0.717) is 5.57 Å². The zero-order valence-corrected chi connectivity index (χ0v) is 10.9. The molecule has 0 saturated heterocycles. The van der Waals surface area contributed by atoms with Crippen molar-refractivity contribution >= 4 is 17.9 Å². The SMILES string of the molecule is O=C(C=Cc1ccccc1)C1=Cc2ccccc2C1O. The summed E-state index contributed by atoms with van der Waals surface area (Å²) in [7, 11) is 0. The molecular weight excluding hydrogens is 248 g/mol. The van der Waals surface area contributed by atoms with Gasteiger partial charge in [0.15, 0.2) is 5.78 Å². The van der Waals surface area contributed by atoms with Crippen molar-refractivity contribution in [2.75, 3.05) is 0 Å². The lowest BCUT2D eigenvalue weighted by molar-refractivity contribution is -0.112. The Bertz CT molecular complexity index is 696. The fourth-order valence-electron chi connectivity index (χ4n) is 2.34. The smallest absolute Gasteiger partial charge is 0.184 e. The Kier molecular flexibility index (Phi) is 3.32. The summed E-state index contributed by atoms with van der Waals surface area (Å²) in [4.78, 5) is 12.2. The molecule has 0 fully saturated rings. The van der Waals surface area contributed by atoms with Crippen molar-refractivity contribution in [3.63, 3.8) is 0 Å². The zero-order valence-electron chi connectivity index (χ0n) is 10.9. The van der Waals surface area contributed by atoms with Gasteiger partial charge in [0, 0.05) is 5.57 Å². The molecule has 1 atom stereocenters. The minimum Gasteiger partial charge on any atom is -0.383 e. The molecule has 20 heavy (non-hydrogen) atoms.